The Labute approximate surface area is 83.0 Å². The van der Waals surface area contributed by atoms with Crippen molar-refractivity contribution in [3.05, 3.63) is 42.5 Å². The van der Waals surface area contributed by atoms with E-state index in [2.05, 4.69) is 11.3 Å². The first-order valence-corrected chi connectivity index (χ1v) is 4.18. The van der Waals surface area contributed by atoms with Crippen LogP contribution in [0.3, 0.4) is 0 Å². The summed E-state index contributed by atoms with van der Waals surface area (Å²) in [6.45, 7) is 3.69. The van der Waals surface area contributed by atoms with Crippen molar-refractivity contribution in [2.24, 2.45) is 0 Å². The summed E-state index contributed by atoms with van der Waals surface area (Å²) in [6, 6.07) is 9.23. The number of rotatable bonds is 4. The van der Waals surface area contributed by atoms with E-state index in [-0.39, 0.29) is 6.61 Å². The first kappa shape index (κ1) is 10.3. The van der Waals surface area contributed by atoms with E-state index < -0.39 is 5.97 Å². The van der Waals surface area contributed by atoms with Gasteiger partial charge in [-0.2, -0.15) is 0 Å². The molecule has 0 amide bonds. The molecule has 0 aliphatic carbocycles. The summed E-state index contributed by atoms with van der Waals surface area (Å²) in [6.07, 6.45) is 0. The monoisotopic (exact) mass is 192 g/mol. The van der Waals surface area contributed by atoms with E-state index in [1.807, 2.05) is 30.3 Å². The van der Waals surface area contributed by atoms with Crippen molar-refractivity contribution in [1.29, 1.82) is 0 Å². The van der Waals surface area contributed by atoms with Gasteiger partial charge >= 0.3 is 5.97 Å². The van der Waals surface area contributed by atoms with Crippen LogP contribution >= 0.6 is 0 Å². The highest BCUT2D eigenvalue weighted by Crippen LogP contribution is 2.09. The maximum atomic E-state index is 10.9. The predicted molar refractivity (Wildman–Crippen MR) is 53.1 cm³/mol. The molecule has 0 fully saturated rings. The Morgan fingerprint density at radius 3 is 2.57 bits per heavy atom. The highest BCUT2D eigenvalue weighted by atomic mass is 16.5. The van der Waals surface area contributed by atoms with Gasteiger partial charge in [-0.15, -0.1) is 0 Å². The summed E-state index contributed by atoms with van der Waals surface area (Å²) in [4.78, 5) is 10.9. The van der Waals surface area contributed by atoms with Gasteiger partial charge in [0.25, 0.3) is 0 Å². The highest BCUT2D eigenvalue weighted by Gasteiger charge is 2.06. The molecule has 14 heavy (non-hydrogen) atoms. The molecule has 0 N–H and O–H groups in total. The van der Waals surface area contributed by atoms with E-state index in [9.17, 15) is 4.79 Å². The van der Waals surface area contributed by atoms with E-state index in [4.69, 9.17) is 4.74 Å². The Morgan fingerprint density at radius 2 is 2.00 bits per heavy atom. The zero-order valence-electron chi connectivity index (χ0n) is 8.03. The van der Waals surface area contributed by atoms with Crippen molar-refractivity contribution in [3.63, 3.8) is 0 Å². The second-order valence-electron chi connectivity index (χ2n) is 2.70. The van der Waals surface area contributed by atoms with Gasteiger partial charge in [0.1, 0.15) is 12.4 Å². The van der Waals surface area contributed by atoms with Crippen LogP contribution in [0.1, 0.15) is 0 Å². The fourth-order valence-electron chi connectivity index (χ4n) is 0.890. The molecular weight excluding hydrogens is 180 g/mol. The third kappa shape index (κ3) is 2.94. The van der Waals surface area contributed by atoms with E-state index in [1.165, 1.54) is 7.11 Å². The first-order valence-electron chi connectivity index (χ1n) is 4.18. The number of hydrogen-bond donors (Lipinski definition) is 0. The van der Waals surface area contributed by atoms with Gasteiger partial charge in [0.05, 0.1) is 12.7 Å². The Morgan fingerprint density at radius 1 is 1.36 bits per heavy atom. The summed E-state index contributed by atoms with van der Waals surface area (Å²) in [7, 11) is 1.32. The molecule has 0 aliphatic heterocycles. The molecule has 74 valence electrons. The lowest BCUT2D eigenvalue weighted by Crippen LogP contribution is -2.11. The molecule has 1 aromatic carbocycles. The minimum atomic E-state index is -0.444. The Kier molecular flexibility index (Phi) is 3.73. The van der Waals surface area contributed by atoms with E-state index in [0.29, 0.717) is 11.3 Å². The zero-order valence-corrected chi connectivity index (χ0v) is 8.03. The molecule has 1 rings (SSSR count). The minimum Gasteiger partial charge on any atom is -0.489 e. The van der Waals surface area contributed by atoms with Gasteiger partial charge in [-0.3, -0.25) is 0 Å². The van der Waals surface area contributed by atoms with E-state index in [1.54, 1.807) is 0 Å². The average molecular weight is 192 g/mol. The fraction of sp³-hybridized carbons (Fsp3) is 0.182. The molecular formula is C11H12O3. The second-order valence-corrected chi connectivity index (χ2v) is 2.70. The summed E-state index contributed by atoms with van der Waals surface area (Å²) >= 11 is 0. The molecule has 0 aliphatic rings. The number of benzene rings is 1. The SMILES string of the molecule is C=C(COc1ccccc1)C(=O)OC. The Hall–Kier alpha value is -1.77. The normalized spacial score (nSPS) is 9.21. The van der Waals surface area contributed by atoms with Crippen LogP contribution < -0.4 is 4.74 Å². The number of carbonyl (C=O) groups excluding carboxylic acids is 1. The third-order valence-electron chi connectivity index (χ3n) is 1.63. The fourth-order valence-corrected chi connectivity index (χ4v) is 0.890. The number of esters is 1. The molecule has 3 nitrogen and oxygen atoms in total. The molecule has 0 atom stereocenters. The lowest BCUT2D eigenvalue weighted by molar-refractivity contribution is -0.136. The first-order chi connectivity index (χ1) is 6.74. The molecule has 3 heteroatoms. The third-order valence-corrected chi connectivity index (χ3v) is 1.63. The molecule has 0 aromatic heterocycles. The van der Waals surface area contributed by atoms with Crippen LogP contribution in [-0.2, 0) is 9.53 Å². The number of carbonyl (C=O) groups is 1. The van der Waals surface area contributed by atoms with Gasteiger partial charge in [-0.05, 0) is 12.1 Å². The molecule has 0 saturated heterocycles. The maximum Gasteiger partial charge on any atom is 0.336 e. The number of methoxy groups -OCH3 is 1. The number of ether oxygens (including phenoxy) is 2. The summed E-state index contributed by atoms with van der Waals surface area (Å²) in [5, 5.41) is 0. The standard InChI is InChI=1S/C11H12O3/c1-9(11(12)13-2)8-14-10-6-4-3-5-7-10/h3-7H,1,8H2,2H3. The van der Waals surface area contributed by atoms with Crippen molar-refractivity contribution in [1.82, 2.24) is 0 Å². The van der Waals surface area contributed by atoms with Crippen molar-refractivity contribution in [3.8, 4) is 5.75 Å². The lowest BCUT2D eigenvalue weighted by Gasteiger charge is -2.06. The molecule has 0 unspecified atom stereocenters. The largest absolute Gasteiger partial charge is 0.489 e. The Bertz CT molecular complexity index is 317. The van der Waals surface area contributed by atoms with E-state index in [0.717, 1.165) is 0 Å². The topological polar surface area (TPSA) is 35.5 Å². The van der Waals surface area contributed by atoms with Crippen molar-refractivity contribution < 1.29 is 14.3 Å². The highest BCUT2D eigenvalue weighted by molar-refractivity contribution is 5.87. The van der Waals surface area contributed by atoms with Gasteiger partial charge in [0.15, 0.2) is 0 Å². The lowest BCUT2D eigenvalue weighted by atomic mass is 10.3. The molecule has 1 aromatic rings. The van der Waals surface area contributed by atoms with Gasteiger partial charge < -0.3 is 9.47 Å². The second kappa shape index (κ2) is 5.07. The van der Waals surface area contributed by atoms with E-state index >= 15 is 0 Å². The predicted octanol–water partition coefficient (Wildman–Crippen LogP) is 1.79. The average Bonchev–Trinajstić information content (AvgIpc) is 2.26. The van der Waals surface area contributed by atoms with Crippen LogP contribution in [0.25, 0.3) is 0 Å². The molecule has 0 radical (unpaired) electrons. The van der Waals surface area contributed by atoms with Crippen LogP contribution in [-0.4, -0.2) is 19.7 Å². The summed E-state index contributed by atoms with van der Waals surface area (Å²) in [5.74, 6) is 0.262. The number of hydrogen-bond acceptors (Lipinski definition) is 3. The van der Waals surface area contributed by atoms with Crippen LogP contribution in [0.2, 0.25) is 0 Å². The van der Waals surface area contributed by atoms with Crippen LogP contribution in [0.15, 0.2) is 42.5 Å². The van der Waals surface area contributed by atoms with Crippen LogP contribution in [0, 0.1) is 0 Å². The van der Waals surface area contributed by atoms with Gasteiger partial charge in [-0.25, -0.2) is 4.79 Å². The van der Waals surface area contributed by atoms with Crippen LogP contribution in [0.4, 0.5) is 0 Å². The molecule has 0 bridgehead atoms. The Balaban J connectivity index is 2.42. The molecule has 0 spiro atoms. The molecule has 0 heterocycles. The van der Waals surface area contributed by atoms with Crippen molar-refractivity contribution in [2.75, 3.05) is 13.7 Å². The smallest absolute Gasteiger partial charge is 0.336 e. The maximum absolute atomic E-state index is 10.9. The molecule has 0 saturated carbocycles. The van der Waals surface area contributed by atoms with Crippen molar-refractivity contribution >= 4 is 5.97 Å². The minimum absolute atomic E-state index is 0.149. The summed E-state index contributed by atoms with van der Waals surface area (Å²) in [5.41, 5.74) is 0.302. The van der Waals surface area contributed by atoms with Gasteiger partial charge in [0.2, 0.25) is 0 Å². The van der Waals surface area contributed by atoms with Crippen molar-refractivity contribution in [2.45, 2.75) is 0 Å². The van der Waals surface area contributed by atoms with Gasteiger partial charge in [0, 0.05) is 0 Å². The van der Waals surface area contributed by atoms with Crippen LogP contribution in [0.5, 0.6) is 5.75 Å². The zero-order chi connectivity index (χ0) is 10.4. The summed E-state index contributed by atoms with van der Waals surface area (Å²) < 4.78 is 9.77. The quantitative estimate of drug-likeness (QED) is 0.539. The van der Waals surface area contributed by atoms with Gasteiger partial charge in [-0.1, -0.05) is 24.8 Å². The number of para-hydroxylation sites is 1.